The van der Waals surface area contributed by atoms with Crippen molar-refractivity contribution in [1.82, 2.24) is 5.43 Å². The highest BCUT2D eigenvalue weighted by molar-refractivity contribution is 5.97. The first-order valence-corrected chi connectivity index (χ1v) is 11.8. The van der Waals surface area contributed by atoms with E-state index in [1.807, 2.05) is 60.7 Å². The standard InChI is InChI=1S/C31H26N2O5/c1-36-29-20-25(16-18-28(29)38-30(34)19-17-23-10-4-2-5-11-23)21-32-33-31(35)26-14-8-9-15-27(26)37-22-24-12-6-3-7-13-24/h2-21H,22H2,1H3,(H,33,35). The summed E-state index contributed by atoms with van der Waals surface area (Å²) in [4.78, 5) is 25.0. The molecule has 1 amide bonds. The zero-order valence-electron chi connectivity index (χ0n) is 20.7. The molecule has 1 N–H and O–H groups in total. The van der Waals surface area contributed by atoms with E-state index >= 15 is 0 Å². The zero-order valence-corrected chi connectivity index (χ0v) is 20.7. The lowest BCUT2D eigenvalue weighted by Gasteiger charge is -2.10. The van der Waals surface area contributed by atoms with Crippen LogP contribution in [0.3, 0.4) is 0 Å². The second-order valence-electron chi connectivity index (χ2n) is 8.04. The molecule has 0 radical (unpaired) electrons. The third kappa shape index (κ3) is 7.41. The van der Waals surface area contributed by atoms with Gasteiger partial charge < -0.3 is 14.2 Å². The van der Waals surface area contributed by atoms with E-state index in [4.69, 9.17) is 14.2 Å². The van der Waals surface area contributed by atoms with Gasteiger partial charge in [-0.2, -0.15) is 5.10 Å². The summed E-state index contributed by atoms with van der Waals surface area (Å²) in [5, 5.41) is 4.05. The summed E-state index contributed by atoms with van der Waals surface area (Å²) in [5.41, 5.74) is 5.40. The topological polar surface area (TPSA) is 86.2 Å². The Morgan fingerprint density at radius 2 is 1.50 bits per heavy atom. The van der Waals surface area contributed by atoms with E-state index in [1.165, 1.54) is 19.4 Å². The Morgan fingerprint density at radius 3 is 2.26 bits per heavy atom. The molecule has 0 unspecified atom stereocenters. The third-order valence-corrected chi connectivity index (χ3v) is 5.36. The minimum atomic E-state index is -0.533. The largest absolute Gasteiger partial charge is 0.493 e. The van der Waals surface area contributed by atoms with Gasteiger partial charge in [0.05, 0.1) is 18.9 Å². The van der Waals surface area contributed by atoms with Crippen molar-refractivity contribution in [1.29, 1.82) is 0 Å². The monoisotopic (exact) mass is 506 g/mol. The van der Waals surface area contributed by atoms with Crippen LogP contribution in [0.25, 0.3) is 6.08 Å². The minimum absolute atomic E-state index is 0.265. The van der Waals surface area contributed by atoms with Crippen molar-refractivity contribution < 1.29 is 23.8 Å². The molecule has 0 fully saturated rings. The Hall–Kier alpha value is -5.17. The first-order valence-electron chi connectivity index (χ1n) is 11.8. The number of hydrazone groups is 1. The Bertz CT molecular complexity index is 1430. The van der Waals surface area contributed by atoms with Crippen molar-refractivity contribution in [3.63, 3.8) is 0 Å². The van der Waals surface area contributed by atoms with Crippen molar-refractivity contribution in [3.8, 4) is 17.2 Å². The first-order chi connectivity index (χ1) is 18.6. The molecule has 0 aromatic heterocycles. The summed E-state index contributed by atoms with van der Waals surface area (Å²) in [6.07, 6.45) is 4.49. The number of para-hydroxylation sites is 1. The molecule has 7 nitrogen and oxygen atoms in total. The maximum Gasteiger partial charge on any atom is 0.336 e. The summed E-state index contributed by atoms with van der Waals surface area (Å²) in [6.45, 7) is 0.340. The number of amides is 1. The van der Waals surface area contributed by atoms with Gasteiger partial charge in [-0.3, -0.25) is 4.79 Å². The SMILES string of the molecule is COc1cc(C=NNC(=O)c2ccccc2OCc2ccccc2)ccc1OC(=O)C=Cc1ccccc1. The highest BCUT2D eigenvalue weighted by Gasteiger charge is 2.12. The van der Waals surface area contributed by atoms with Crippen LogP contribution in [0, 0.1) is 0 Å². The van der Waals surface area contributed by atoms with Crippen molar-refractivity contribution in [2.45, 2.75) is 6.61 Å². The smallest absolute Gasteiger partial charge is 0.336 e. The second-order valence-corrected chi connectivity index (χ2v) is 8.04. The molecule has 7 heteroatoms. The molecule has 0 saturated carbocycles. The highest BCUT2D eigenvalue weighted by atomic mass is 16.6. The average molecular weight is 507 g/mol. The molecule has 0 aliphatic carbocycles. The lowest BCUT2D eigenvalue weighted by atomic mass is 10.2. The molecule has 38 heavy (non-hydrogen) atoms. The van der Waals surface area contributed by atoms with E-state index in [0.717, 1.165) is 11.1 Å². The maximum absolute atomic E-state index is 12.7. The molecule has 0 aliphatic heterocycles. The van der Waals surface area contributed by atoms with Crippen molar-refractivity contribution in [3.05, 3.63) is 131 Å². The number of carbonyl (C=O) groups excluding carboxylic acids is 2. The molecule has 4 rings (SSSR count). The molecule has 0 aliphatic rings. The number of esters is 1. The zero-order chi connectivity index (χ0) is 26.6. The normalized spacial score (nSPS) is 10.9. The summed E-state index contributed by atoms with van der Waals surface area (Å²) < 4.78 is 16.6. The van der Waals surface area contributed by atoms with Crippen LogP contribution >= 0.6 is 0 Å². The lowest BCUT2D eigenvalue weighted by Crippen LogP contribution is -2.18. The number of carbonyl (C=O) groups is 2. The van der Waals surface area contributed by atoms with Crippen LogP contribution in [0.1, 0.15) is 27.0 Å². The number of methoxy groups -OCH3 is 1. The number of nitrogens with zero attached hydrogens (tertiary/aromatic N) is 1. The van der Waals surface area contributed by atoms with Gasteiger partial charge >= 0.3 is 5.97 Å². The van der Waals surface area contributed by atoms with Gasteiger partial charge in [0.1, 0.15) is 12.4 Å². The van der Waals surface area contributed by atoms with Crippen LogP contribution in [-0.4, -0.2) is 25.2 Å². The van der Waals surface area contributed by atoms with E-state index in [0.29, 0.717) is 29.2 Å². The lowest BCUT2D eigenvalue weighted by molar-refractivity contribution is -0.129. The Balaban J connectivity index is 1.36. The summed E-state index contributed by atoms with van der Waals surface area (Å²) in [7, 11) is 1.47. The van der Waals surface area contributed by atoms with Crippen LogP contribution in [0.15, 0.2) is 114 Å². The molecule has 190 valence electrons. The van der Waals surface area contributed by atoms with Crippen LogP contribution in [0.5, 0.6) is 17.2 Å². The van der Waals surface area contributed by atoms with Gasteiger partial charge in [-0.05, 0) is 53.1 Å². The van der Waals surface area contributed by atoms with E-state index in [-0.39, 0.29) is 5.75 Å². The molecule has 4 aromatic carbocycles. The van der Waals surface area contributed by atoms with E-state index in [1.54, 1.807) is 48.5 Å². The van der Waals surface area contributed by atoms with E-state index < -0.39 is 11.9 Å². The molecule has 0 bridgehead atoms. The first kappa shape index (κ1) is 25.9. The third-order valence-electron chi connectivity index (χ3n) is 5.36. The van der Waals surface area contributed by atoms with Gasteiger partial charge in [0, 0.05) is 6.08 Å². The number of rotatable bonds is 10. The molecule has 0 heterocycles. The van der Waals surface area contributed by atoms with Crippen LogP contribution in [-0.2, 0) is 11.4 Å². The van der Waals surface area contributed by atoms with Crippen molar-refractivity contribution in [2.75, 3.05) is 7.11 Å². The van der Waals surface area contributed by atoms with Gasteiger partial charge in [-0.15, -0.1) is 0 Å². The predicted octanol–water partition coefficient (Wildman–Crippen LogP) is 5.66. The number of benzene rings is 4. The van der Waals surface area contributed by atoms with Gasteiger partial charge in [0.2, 0.25) is 0 Å². The van der Waals surface area contributed by atoms with Gasteiger partial charge in [0.25, 0.3) is 5.91 Å². The van der Waals surface area contributed by atoms with Crippen LogP contribution < -0.4 is 19.6 Å². The molecular formula is C31H26N2O5. The number of nitrogens with one attached hydrogen (secondary N) is 1. The number of hydrogen-bond donors (Lipinski definition) is 1. The highest BCUT2D eigenvalue weighted by Crippen LogP contribution is 2.28. The predicted molar refractivity (Wildman–Crippen MR) is 146 cm³/mol. The average Bonchev–Trinajstić information content (AvgIpc) is 2.97. The fraction of sp³-hybridized carbons (Fsp3) is 0.0645. The van der Waals surface area contributed by atoms with Crippen molar-refractivity contribution >= 4 is 24.2 Å². The summed E-state index contributed by atoms with van der Waals surface area (Å²) in [6, 6.07) is 31.0. The van der Waals surface area contributed by atoms with Crippen LogP contribution in [0.2, 0.25) is 0 Å². The van der Waals surface area contributed by atoms with E-state index in [2.05, 4.69) is 10.5 Å². The van der Waals surface area contributed by atoms with Gasteiger partial charge in [-0.25, -0.2) is 10.2 Å². The molecule has 0 atom stereocenters. The Kier molecular flexibility index (Phi) is 9.02. The molecule has 0 saturated heterocycles. The summed E-state index contributed by atoms with van der Waals surface area (Å²) >= 11 is 0. The van der Waals surface area contributed by atoms with E-state index in [9.17, 15) is 9.59 Å². The Morgan fingerprint density at radius 1 is 0.789 bits per heavy atom. The fourth-order valence-electron chi connectivity index (χ4n) is 3.46. The van der Waals surface area contributed by atoms with Gasteiger partial charge in [-0.1, -0.05) is 72.8 Å². The summed E-state index contributed by atoms with van der Waals surface area (Å²) in [5.74, 6) is 0.127. The minimum Gasteiger partial charge on any atom is -0.493 e. The van der Waals surface area contributed by atoms with Crippen LogP contribution in [0.4, 0.5) is 0 Å². The number of ether oxygens (including phenoxy) is 3. The maximum atomic E-state index is 12.7. The second kappa shape index (κ2) is 13.2. The molecular weight excluding hydrogens is 480 g/mol. The van der Waals surface area contributed by atoms with Gasteiger partial charge in [0.15, 0.2) is 11.5 Å². The Labute approximate surface area is 221 Å². The van der Waals surface area contributed by atoms with Crippen molar-refractivity contribution in [2.24, 2.45) is 5.10 Å². The molecule has 0 spiro atoms. The quantitative estimate of drug-likeness (QED) is 0.0987. The number of hydrogen-bond acceptors (Lipinski definition) is 6. The fourth-order valence-corrected chi connectivity index (χ4v) is 3.46. The molecule has 4 aromatic rings.